The Hall–Kier alpha value is -2.60. The predicted octanol–water partition coefficient (Wildman–Crippen LogP) is 4.14. The predicted molar refractivity (Wildman–Crippen MR) is 118 cm³/mol. The fourth-order valence-corrected chi connectivity index (χ4v) is 3.62. The first kappa shape index (κ1) is 21.1. The van der Waals surface area contributed by atoms with Crippen molar-refractivity contribution in [3.63, 3.8) is 0 Å². The number of likely N-dealkylation sites (tertiary alicyclic amines) is 1. The number of piperidine rings is 1. The zero-order valence-corrected chi connectivity index (χ0v) is 18.0. The van der Waals surface area contributed by atoms with Gasteiger partial charge in [-0.25, -0.2) is 0 Å². The highest BCUT2D eigenvalue weighted by atomic mass is 79.9. The van der Waals surface area contributed by atoms with Crippen LogP contribution in [0.1, 0.15) is 28.8 Å². The van der Waals surface area contributed by atoms with Crippen LogP contribution in [0.25, 0.3) is 6.08 Å². The molecule has 6 heteroatoms. The van der Waals surface area contributed by atoms with Crippen molar-refractivity contribution in [3.05, 3.63) is 70.2 Å². The van der Waals surface area contributed by atoms with Gasteiger partial charge < -0.3 is 15.0 Å². The lowest BCUT2D eigenvalue weighted by Gasteiger charge is -2.32. The van der Waals surface area contributed by atoms with Crippen LogP contribution < -0.4 is 10.1 Å². The lowest BCUT2D eigenvalue weighted by molar-refractivity contribution is -0.127. The van der Waals surface area contributed by atoms with Gasteiger partial charge in [0.2, 0.25) is 5.91 Å². The van der Waals surface area contributed by atoms with Gasteiger partial charge in [0.1, 0.15) is 5.75 Å². The molecule has 1 heterocycles. The van der Waals surface area contributed by atoms with E-state index in [1.807, 2.05) is 35.2 Å². The first-order valence-electron chi connectivity index (χ1n) is 9.70. The number of amides is 2. The average molecular weight is 457 g/mol. The molecule has 0 radical (unpaired) electrons. The number of rotatable bonds is 6. The van der Waals surface area contributed by atoms with Crippen molar-refractivity contribution in [1.82, 2.24) is 10.2 Å². The molecule has 152 valence electrons. The summed E-state index contributed by atoms with van der Waals surface area (Å²) >= 11 is 3.41. The maximum atomic E-state index is 12.5. The van der Waals surface area contributed by atoms with Gasteiger partial charge in [0.25, 0.3) is 5.91 Å². The van der Waals surface area contributed by atoms with Crippen molar-refractivity contribution in [2.24, 2.45) is 5.92 Å². The Morgan fingerprint density at radius 2 is 1.90 bits per heavy atom. The van der Waals surface area contributed by atoms with Gasteiger partial charge in [0, 0.05) is 35.7 Å². The molecule has 0 bridgehead atoms. The van der Waals surface area contributed by atoms with Crippen LogP contribution in [-0.2, 0) is 4.79 Å². The molecule has 0 aliphatic carbocycles. The minimum atomic E-state index is -0.105. The zero-order chi connectivity index (χ0) is 20.6. The first-order chi connectivity index (χ1) is 14.0. The minimum Gasteiger partial charge on any atom is -0.497 e. The van der Waals surface area contributed by atoms with E-state index in [-0.39, 0.29) is 17.7 Å². The van der Waals surface area contributed by atoms with Crippen molar-refractivity contribution in [2.45, 2.75) is 12.8 Å². The van der Waals surface area contributed by atoms with Crippen molar-refractivity contribution < 1.29 is 14.3 Å². The number of carbonyl (C=O) groups is 2. The first-order valence-corrected chi connectivity index (χ1v) is 10.5. The Labute approximate surface area is 179 Å². The highest BCUT2D eigenvalue weighted by Gasteiger charge is 2.23. The van der Waals surface area contributed by atoms with Crippen molar-refractivity contribution in [1.29, 1.82) is 0 Å². The molecule has 0 aromatic heterocycles. The summed E-state index contributed by atoms with van der Waals surface area (Å²) in [5.41, 5.74) is 1.59. The largest absolute Gasteiger partial charge is 0.497 e. The Morgan fingerprint density at radius 1 is 1.17 bits per heavy atom. The maximum absolute atomic E-state index is 12.5. The van der Waals surface area contributed by atoms with E-state index in [4.69, 9.17) is 4.74 Å². The molecular formula is C23H25BrN2O3. The third-order valence-electron chi connectivity index (χ3n) is 5.02. The standard InChI is InChI=1S/C23H25BrN2O3/c1-29-21-11-7-19(8-12-21)23(28)25-15-18-3-2-14-26(16-18)22(27)13-6-17-4-9-20(24)10-5-17/h4-13,18H,2-3,14-16H2,1H3,(H,25,28). The Kier molecular flexibility index (Phi) is 7.47. The molecule has 1 unspecified atom stereocenters. The monoisotopic (exact) mass is 456 g/mol. The second-order valence-electron chi connectivity index (χ2n) is 7.12. The van der Waals surface area contributed by atoms with E-state index in [1.165, 1.54) is 0 Å². The number of halogens is 1. The van der Waals surface area contributed by atoms with Gasteiger partial charge >= 0.3 is 0 Å². The number of benzene rings is 2. The molecule has 2 amide bonds. The lowest BCUT2D eigenvalue weighted by atomic mass is 9.97. The van der Waals surface area contributed by atoms with E-state index < -0.39 is 0 Å². The van der Waals surface area contributed by atoms with Crippen LogP contribution in [-0.4, -0.2) is 43.5 Å². The van der Waals surface area contributed by atoms with Gasteiger partial charge in [0.05, 0.1) is 7.11 Å². The molecule has 2 aromatic carbocycles. The van der Waals surface area contributed by atoms with Crippen molar-refractivity contribution in [3.8, 4) is 5.75 Å². The fourth-order valence-electron chi connectivity index (χ4n) is 3.36. The van der Waals surface area contributed by atoms with Gasteiger partial charge in [-0.1, -0.05) is 28.1 Å². The number of methoxy groups -OCH3 is 1. The third-order valence-corrected chi connectivity index (χ3v) is 5.55. The normalized spacial score (nSPS) is 16.6. The summed E-state index contributed by atoms with van der Waals surface area (Å²) in [5.74, 6) is 0.889. The molecule has 1 saturated heterocycles. The van der Waals surface area contributed by atoms with Crippen LogP contribution in [0.5, 0.6) is 5.75 Å². The smallest absolute Gasteiger partial charge is 0.251 e. The van der Waals surface area contributed by atoms with E-state index in [1.54, 1.807) is 37.5 Å². The topological polar surface area (TPSA) is 58.6 Å². The van der Waals surface area contributed by atoms with E-state index in [2.05, 4.69) is 21.2 Å². The third kappa shape index (κ3) is 6.19. The van der Waals surface area contributed by atoms with Gasteiger partial charge in [-0.2, -0.15) is 0 Å². The summed E-state index contributed by atoms with van der Waals surface area (Å²) < 4.78 is 6.13. The molecule has 1 aliphatic heterocycles. The molecule has 1 atom stereocenters. The van der Waals surface area contributed by atoms with E-state index in [0.717, 1.165) is 35.2 Å². The van der Waals surface area contributed by atoms with Crippen LogP contribution in [0.15, 0.2) is 59.1 Å². The van der Waals surface area contributed by atoms with Crippen LogP contribution >= 0.6 is 15.9 Å². The number of ether oxygens (including phenoxy) is 1. The van der Waals surface area contributed by atoms with Gasteiger partial charge in [-0.15, -0.1) is 0 Å². The number of nitrogens with zero attached hydrogens (tertiary/aromatic N) is 1. The highest BCUT2D eigenvalue weighted by Crippen LogP contribution is 2.18. The van der Waals surface area contributed by atoms with Crippen molar-refractivity contribution >= 4 is 33.8 Å². The Bertz CT molecular complexity index is 863. The quantitative estimate of drug-likeness (QED) is 0.664. The molecular weight excluding hydrogens is 432 g/mol. The van der Waals surface area contributed by atoms with Crippen LogP contribution in [0.4, 0.5) is 0 Å². The maximum Gasteiger partial charge on any atom is 0.251 e. The van der Waals surface area contributed by atoms with Gasteiger partial charge in [-0.05, 0) is 66.8 Å². The van der Waals surface area contributed by atoms with Crippen molar-refractivity contribution in [2.75, 3.05) is 26.7 Å². The van der Waals surface area contributed by atoms with E-state index in [0.29, 0.717) is 18.7 Å². The summed E-state index contributed by atoms with van der Waals surface area (Å²) in [7, 11) is 1.60. The van der Waals surface area contributed by atoms with E-state index >= 15 is 0 Å². The fraction of sp³-hybridized carbons (Fsp3) is 0.304. The average Bonchev–Trinajstić information content (AvgIpc) is 2.77. The number of hydrogen-bond donors (Lipinski definition) is 1. The second kappa shape index (κ2) is 10.3. The number of hydrogen-bond acceptors (Lipinski definition) is 3. The lowest BCUT2D eigenvalue weighted by Crippen LogP contribution is -2.43. The molecule has 3 rings (SSSR count). The molecule has 29 heavy (non-hydrogen) atoms. The summed E-state index contributed by atoms with van der Waals surface area (Å²) in [6, 6.07) is 14.9. The van der Waals surface area contributed by atoms with Crippen LogP contribution in [0.2, 0.25) is 0 Å². The number of carbonyl (C=O) groups excluding carboxylic acids is 2. The molecule has 1 fully saturated rings. The summed E-state index contributed by atoms with van der Waals surface area (Å²) in [5, 5.41) is 2.99. The molecule has 2 aromatic rings. The summed E-state index contributed by atoms with van der Waals surface area (Å²) in [4.78, 5) is 26.7. The minimum absolute atomic E-state index is 0.0131. The van der Waals surface area contributed by atoms with Crippen LogP contribution in [0, 0.1) is 5.92 Å². The summed E-state index contributed by atoms with van der Waals surface area (Å²) in [6.45, 7) is 1.98. The van der Waals surface area contributed by atoms with Gasteiger partial charge in [-0.3, -0.25) is 9.59 Å². The molecule has 0 spiro atoms. The zero-order valence-electron chi connectivity index (χ0n) is 16.4. The highest BCUT2D eigenvalue weighted by molar-refractivity contribution is 9.10. The Balaban J connectivity index is 1.49. The molecule has 1 N–H and O–H groups in total. The summed E-state index contributed by atoms with van der Waals surface area (Å²) in [6.07, 6.45) is 5.41. The Morgan fingerprint density at radius 3 is 2.59 bits per heavy atom. The van der Waals surface area contributed by atoms with Gasteiger partial charge in [0.15, 0.2) is 0 Å². The number of nitrogens with one attached hydrogen (secondary N) is 1. The molecule has 0 saturated carbocycles. The SMILES string of the molecule is COc1ccc(C(=O)NCC2CCCN(C(=O)C=Cc3ccc(Br)cc3)C2)cc1. The molecule has 5 nitrogen and oxygen atoms in total. The van der Waals surface area contributed by atoms with E-state index in [9.17, 15) is 9.59 Å². The second-order valence-corrected chi connectivity index (χ2v) is 8.03. The van der Waals surface area contributed by atoms with Crippen LogP contribution in [0.3, 0.4) is 0 Å². The molecule has 1 aliphatic rings.